The van der Waals surface area contributed by atoms with Crippen LogP contribution >= 0.6 is 0 Å². The van der Waals surface area contributed by atoms with Crippen molar-refractivity contribution in [3.63, 3.8) is 0 Å². The van der Waals surface area contributed by atoms with Crippen LogP contribution in [-0.2, 0) is 0 Å². The number of aromatic nitrogens is 3. The van der Waals surface area contributed by atoms with E-state index in [1.807, 2.05) is 32.0 Å². The number of non-ortho nitro benzene ring substituents is 1. The molecule has 0 bridgehead atoms. The molecular weight excluding hydrogens is 478 g/mol. The maximum absolute atomic E-state index is 12.6. The minimum absolute atomic E-state index is 0.152. The van der Waals surface area contributed by atoms with Gasteiger partial charge in [0.05, 0.1) is 17.2 Å². The Bertz CT molecular complexity index is 1460. The molecule has 4 aromatic rings. The second-order valence-corrected chi connectivity index (χ2v) is 8.71. The Hall–Kier alpha value is -4.93. The van der Waals surface area contributed by atoms with Gasteiger partial charge in [-0.15, -0.1) is 5.10 Å². The number of hydrogen-bond donors (Lipinski definition) is 1. The molecule has 1 amide bonds. The lowest BCUT2D eigenvalue weighted by atomic mass is 10.1. The summed E-state index contributed by atoms with van der Waals surface area (Å²) in [5.41, 5.74) is 2.00. The summed E-state index contributed by atoms with van der Waals surface area (Å²) in [7, 11) is 0. The number of carbonyl (C=O) groups is 1. The lowest BCUT2D eigenvalue weighted by Gasteiger charge is -2.09. The van der Waals surface area contributed by atoms with Gasteiger partial charge in [-0.25, -0.2) is 4.68 Å². The van der Waals surface area contributed by atoms with Crippen LogP contribution in [-0.4, -0.2) is 39.0 Å². The van der Waals surface area contributed by atoms with E-state index >= 15 is 0 Å². The number of nitrogens with one attached hydrogen (secondary N) is 1. The Morgan fingerprint density at radius 3 is 2.65 bits per heavy atom. The number of nitro benzene ring substituents is 1. The molecule has 1 aromatic heterocycles. The maximum Gasteiger partial charge on any atom is 0.336 e. The van der Waals surface area contributed by atoms with Crippen LogP contribution in [0.15, 0.2) is 66.7 Å². The van der Waals surface area contributed by atoms with Crippen molar-refractivity contribution in [3.8, 4) is 34.6 Å². The third kappa shape index (κ3) is 5.20. The van der Waals surface area contributed by atoms with E-state index in [9.17, 15) is 14.9 Å². The van der Waals surface area contributed by atoms with Crippen molar-refractivity contribution in [1.82, 2.24) is 14.8 Å². The lowest BCUT2D eigenvalue weighted by Crippen LogP contribution is -2.12. The monoisotopic (exact) mass is 501 g/mol. The lowest BCUT2D eigenvalue weighted by molar-refractivity contribution is -0.384. The normalized spacial score (nSPS) is 12.0. The van der Waals surface area contributed by atoms with Gasteiger partial charge in [-0.1, -0.05) is 19.9 Å². The molecule has 5 rings (SSSR count). The Morgan fingerprint density at radius 1 is 1.11 bits per heavy atom. The molecule has 0 radical (unpaired) electrons. The van der Waals surface area contributed by atoms with Gasteiger partial charge >= 0.3 is 6.01 Å². The second-order valence-electron chi connectivity index (χ2n) is 8.71. The fraction of sp³-hybridized carbons (Fsp3) is 0.192. The summed E-state index contributed by atoms with van der Waals surface area (Å²) in [4.78, 5) is 27.7. The third-order valence-electron chi connectivity index (χ3n) is 5.45. The van der Waals surface area contributed by atoms with Crippen molar-refractivity contribution >= 4 is 17.3 Å². The number of benzene rings is 3. The number of carbonyl (C=O) groups excluding carboxylic acids is 1. The highest BCUT2D eigenvalue weighted by molar-refractivity contribution is 6.04. The molecule has 2 heterocycles. The van der Waals surface area contributed by atoms with E-state index in [0.717, 1.165) is 5.56 Å². The first-order chi connectivity index (χ1) is 17.9. The van der Waals surface area contributed by atoms with Crippen molar-refractivity contribution in [1.29, 1.82) is 0 Å². The summed E-state index contributed by atoms with van der Waals surface area (Å²) < 4.78 is 18.3. The van der Waals surface area contributed by atoms with E-state index in [4.69, 9.17) is 14.2 Å². The van der Waals surface area contributed by atoms with Gasteiger partial charge in [-0.05, 0) is 54.4 Å². The van der Waals surface area contributed by atoms with Crippen molar-refractivity contribution in [2.24, 2.45) is 5.92 Å². The molecule has 3 aromatic carbocycles. The maximum atomic E-state index is 12.6. The van der Waals surface area contributed by atoms with Crippen LogP contribution in [0.2, 0.25) is 0 Å². The molecule has 1 N–H and O–H groups in total. The molecule has 188 valence electrons. The first-order valence-corrected chi connectivity index (χ1v) is 11.5. The molecule has 37 heavy (non-hydrogen) atoms. The van der Waals surface area contributed by atoms with Gasteiger partial charge in [0.2, 0.25) is 6.79 Å². The predicted molar refractivity (Wildman–Crippen MR) is 134 cm³/mol. The molecule has 11 nitrogen and oxygen atoms in total. The zero-order chi connectivity index (χ0) is 25.9. The number of fused-ring (bicyclic) bond motifs is 1. The fourth-order valence-corrected chi connectivity index (χ4v) is 3.65. The topological polar surface area (TPSA) is 131 Å². The van der Waals surface area contributed by atoms with Gasteiger partial charge in [-0.2, -0.15) is 4.98 Å². The van der Waals surface area contributed by atoms with Gasteiger partial charge in [0.1, 0.15) is 0 Å². The van der Waals surface area contributed by atoms with Gasteiger partial charge in [0.25, 0.3) is 11.6 Å². The molecule has 0 aliphatic carbocycles. The van der Waals surface area contributed by atoms with Crippen molar-refractivity contribution in [2.75, 3.05) is 18.7 Å². The van der Waals surface area contributed by atoms with Gasteiger partial charge in [-0.3, -0.25) is 14.9 Å². The molecule has 1 aliphatic rings. The minimum Gasteiger partial charge on any atom is -0.462 e. The van der Waals surface area contributed by atoms with Crippen LogP contribution < -0.4 is 19.5 Å². The first-order valence-electron chi connectivity index (χ1n) is 11.5. The van der Waals surface area contributed by atoms with E-state index in [1.165, 1.54) is 24.3 Å². The summed E-state index contributed by atoms with van der Waals surface area (Å²) in [6, 6.07) is 18.3. The van der Waals surface area contributed by atoms with Crippen LogP contribution in [0, 0.1) is 16.0 Å². The summed E-state index contributed by atoms with van der Waals surface area (Å²) in [5, 5.41) is 18.3. The Kier molecular flexibility index (Phi) is 6.42. The SMILES string of the molecule is CC(C)COc1nc(-c2ccc3c(c2)OCO3)n(-c2ccc(NC(=O)c3cccc([N+](=O)[O-])c3)cc2)n1. The molecule has 0 atom stereocenters. The third-order valence-corrected chi connectivity index (χ3v) is 5.45. The largest absolute Gasteiger partial charge is 0.462 e. The van der Waals surface area contributed by atoms with E-state index < -0.39 is 10.8 Å². The van der Waals surface area contributed by atoms with E-state index in [2.05, 4.69) is 15.4 Å². The average Bonchev–Trinajstić information content (AvgIpc) is 3.54. The van der Waals surface area contributed by atoms with E-state index in [0.29, 0.717) is 41.2 Å². The zero-order valence-electron chi connectivity index (χ0n) is 20.1. The summed E-state index contributed by atoms with van der Waals surface area (Å²) >= 11 is 0. The van der Waals surface area contributed by atoms with Crippen molar-refractivity contribution in [3.05, 3.63) is 82.4 Å². The van der Waals surface area contributed by atoms with Crippen LogP contribution in [0.1, 0.15) is 24.2 Å². The molecule has 0 spiro atoms. The van der Waals surface area contributed by atoms with Crippen LogP contribution in [0.3, 0.4) is 0 Å². The predicted octanol–water partition coefficient (Wildman–Crippen LogP) is 4.86. The molecule has 0 unspecified atom stereocenters. The fourth-order valence-electron chi connectivity index (χ4n) is 3.65. The summed E-state index contributed by atoms with van der Waals surface area (Å²) in [6.45, 7) is 4.71. The Labute approximate surface area is 211 Å². The molecule has 0 fully saturated rings. The average molecular weight is 501 g/mol. The quantitative estimate of drug-likeness (QED) is 0.268. The van der Waals surface area contributed by atoms with Crippen molar-refractivity contribution < 1.29 is 23.9 Å². The van der Waals surface area contributed by atoms with Gasteiger partial charge in [0, 0.05) is 28.9 Å². The highest BCUT2D eigenvalue weighted by Crippen LogP contribution is 2.36. The number of amides is 1. The summed E-state index contributed by atoms with van der Waals surface area (Å²) in [6.07, 6.45) is 0. The van der Waals surface area contributed by atoms with Crippen LogP contribution in [0.4, 0.5) is 11.4 Å². The number of ether oxygens (including phenoxy) is 3. The van der Waals surface area contributed by atoms with Crippen LogP contribution in [0.25, 0.3) is 17.1 Å². The molecule has 1 aliphatic heterocycles. The van der Waals surface area contributed by atoms with Gasteiger partial charge < -0.3 is 19.5 Å². The first kappa shape index (κ1) is 23.8. The molecule has 0 saturated carbocycles. The van der Waals surface area contributed by atoms with E-state index in [-0.39, 0.29) is 24.1 Å². The highest BCUT2D eigenvalue weighted by Gasteiger charge is 2.20. The number of nitro groups is 1. The summed E-state index contributed by atoms with van der Waals surface area (Å²) in [5.74, 6) is 1.67. The highest BCUT2D eigenvalue weighted by atomic mass is 16.7. The minimum atomic E-state index is -0.541. The second kappa shape index (κ2) is 9.97. The van der Waals surface area contributed by atoms with Crippen LogP contribution in [0.5, 0.6) is 17.5 Å². The number of hydrogen-bond acceptors (Lipinski definition) is 8. The smallest absolute Gasteiger partial charge is 0.336 e. The molecular formula is C26H23N5O6. The Balaban J connectivity index is 1.41. The Morgan fingerprint density at radius 2 is 1.89 bits per heavy atom. The number of rotatable bonds is 8. The van der Waals surface area contributed by atoms with Crippen molar-refractivity contribution in [2.45, 2.75) is 13.8 Å². The molecule has 0 saturated heterocycles. The standard InChI is InChI=1S/C26H23N5O6/c1-16(2)14-35-26-28-24(17-6-11-22-23(13-17)37-15-36-22)30(29-26)20-9-7-19(8-10-20)27-25(32)18-4-3-5-21(12-18)31(33)34/h3-13,16H,14-15H2,1-2H3,(H,27,32). The molecule has 11 heteroatoms. The van der Waals surface area contributed by atoms with Gasteiger partial charge in [0.15, 0.2) is 17.3 Å². The number of nitrogens with zero attached hydrogens (tertiary/aromatic N) is 4. The van der Waals surface area contributed by atoms with E-state index in [1.54, 1.807) is 28.9 Å². The number of anilines is 1. The zero-order valence-corrected chi connectivity index (χ0v) is 20.1.